The molecule has 0 bridgehead atoms. The summed E-state index contributed by atoms with van der Waals surface area (Å²) >= 11 is 0. The molecule has 0 aliphatic carbocycles. The Kier molecular flexibility index (Phi) is 9.33. The number of ketones is 1. The summed E-state index contributed by atoms with van der Waals surface area (Å²) in [6.07, 6.45) is 7.24. The molecule has 6 heteroatoms. The Morgan fingerprint density at radius 1 is 1.06 bits per heavy atom. The Morgan fingerprint density at radius 2 is 1.71 bits per heavy atom. The van der Waals surface area contributed by atoms with E-state index in [1.54, 1.807) is 24.3 Å². The molecule has 0 fully saturated rings. The van der Waals surface area contributed by atoms with E-state index in [0.717, 1.165) is 23.8 Å². The van der Waals surface area contributed by atoms with Crippen LogP contribution in [0.2, 0.25) is 0 Å². The number of aromatic nitrogens is 1. The van der Waals surface area contributed by atoms with Gasteiger partial charge >= 0.3 is 0 Å². The van der Waals surface area contributed by atoms with Crippen molar-refractivity contribution < 1.29 is 14.6 Å². The lowest BCUT2D eigenvalue weighted by molar-refractivity contribution is 0.103. The third-order valence-corrected chi connectivity index (χ3v) is 5.40. The zero-order chi connectivity index (χ0) is 22.8. The van der Waals surface area contributed by atoms with Crippen LogP contribution in [-0.2, 0) is 6.54 Å². The van der Waals surface area contributed by atoms with Crippen LogP contribution < -0.4 is 10.3 Å². The summed E-state index contributed by atoms with van der Waals surface area (Å²) in [5.74, 6) is -0.131. The zero-order valence-electron chi connectivity index (χ0n) is 18.7. The highest BCUT2D eigenvalue weighted by atomic mass is 16.5. The molecule has 6 nitrogen and oxygen atoms in total. The van der Waals surface area contributed by atoms with Gasteiger partial charge in [0.2, 0.25) is 5.88 Å². The highest BCUT2D eigenvalue weighted by molar-refractivity contribution is 6.11. The van der Waals surface area contributed by atoms with E-state index in [1.165, 1.54) is 26.2 Å². The minimum absolute atomic E-state index is 0.00292. The predicted octanol–water partition coefficient (Wildman–Crippen LogP) is 5.11. The van der Waals surface area contributed by atoms with Crippen LogP contribution in [0.4, 0.5) is 0 Å². The number of nitriles is 1. The van der Waals surface area contributed by atoms with Gasteiger partial charge in [-0.1, -0.05) is 46.0 Å². The quantitative estimate of drug-likeness (QED) is 0.377. The van der Waals surface area contributed by atoms with Crippen molar-refractivity contribution in [2.24, 2.45) is 0 Å². The molecule has 0 atom stereocenters. The second-order valence-electron chi connectivity index (χ2n) is 7.74. The second kappa shape index (κ2) is 11.9. The number of unbranched alkanes of at least 4 members (excludes halogenated alkanes) is 5. The molecule has 0 radical (unpaired) electrons. The van der Waals surface area contributed by atoms with Crippen molar-refractivity contribution in [2.45, 2.75) is 72.3 Å². The molecule has 31 heavy (non-hydrogen) atoms. The summed E-state index contributed by atoms with van der Waals surface area (Å²) in [4.78, 5) is 25.7. The number of ether oxygens (including phenoxy) is 1. The van der Waals surface area contributed by atoms with Crippen molar-refractivity contribution in [1.82, 2.24) is 4.57 Å². The van der Waals surface area contributed by atoms with Gasteiger partial charge in [0, 0.05) is 12.1 Å². The molecule has 166 valence electrons. The number of pyridine rings is 1. The fourth-order valence-electron chi connectivity index (χ4n) is 3.49. The number of hydrogen-bond acceptors (Lipinski definition) is 5. The van der Waals surface area contributed by atoms with Crippen LogP contribution in [-0.4, -0.2) is 22.1 Å². The Bertz CT molecular complexity index is 985. The van der Waals surface area contributed by atoms with Gasteiger partial charge in [-0.05, 0) is 49.6 Å². The molecule has 1 N–H and O–H groups in total. The minimum atomic E-state index is -0.565. The van der Waals surface area contributed by atoms with Crippen LogP contribution in [0.5, 0.6) is 11.6 Å². The average molecular weight is 425 g/mol. The Hall–Kier alpha value is -3.07. The topological polar surface area (TPSA) is 92.3 Å². The molecule has 1 heterocycles. The van der Waals surface area contributed by atoms with Gasteiger partial charge in [0.05, 0.1) is 12.2 Å². The molecule has 0 unspecified atom stereocenters. The van der Waals surface area contributed by atoms with E-state index in [-0.39, 0.29) is 29.1 Å². The van der Waals surface area contributed by atoms with Crippen molar-refractivity contribution in [2.75, 3.05) is 6.61 Å². The van der Waals surface area contributed by atoms with Gasteiger partial charge in [0.1, 0.15) is 17.4 Å². The largest absolute Gasteiger partial charge is 0.494 e. The van der Waals surface area contributed by atoms with E-state index in [4.69, 9.17) is 4.74 Å². The third kappa shape index (κ3) is 5.97. The monoisotopic (exact) mass is 424 g/mol. The Morgan fingerprint density at radius 3 is 2.32 bits per heavy atom. The van der Waals surface area contributed by atoms with Gasteiger partial charge in [0.25, 0.3) is 5.56 Å². The van der Waals surface area contributed by atoms with Crippen LogP contribution in [0.25, 0.3) is 0 Å². The van der Waals surface area contributed by atoms with Crippen LogP contribution in [0.3, 0.4) is 0 Å². The zero-order valence-corrected chi connectivity index (χ0v) is 18.7. The molecule has 0 saturated carbocycles. The molecular formula is C25H32N2O4. The van der Waals surface area contributed by atoms with Crippen LogP contribution in [0.15, 0.2) is 29.1 Å². The van der Waals surface area contributed by atoms with E-state index in [9.17, 15) is 20.0 Å². The van der Waals surface area contributed by atoms with Crippen LogP contribution in [0, 0.1) is 18.3 Å². The first-order valence-corrected chi connectivity index (χ1v) is 11.1. The van der Waals surface area contributed by atoms with Crippen LogP contribution in [0.1, 0.15) is 85.8 Å². The molecule has 0 amide bonds. The summed E-state index contributed by atoms with van der Waals surface area (Å²) in [6, 6.07) is 8.62. The maximum absolute atomic E-state index is 13.1. The molecule has 0 aliphatic rings. The summed E-state index contributed by atoms with van der Waals surface area (Å²) < 4.78 is 6.86. The summed E-state index contributed by atoms with van der Waals surface area (Å²) in [5.41, 5.74) is -0.115. The predicted molar refractivity (Wildman–Crippen MR) is 121 cm³/mol. The molecule has 1 aromatic carbocycles. The molecular weight excluding hydrogens is 392 g/mol. The minimum Gasteiger partial charge on any atom is -0.494 e. The fraction of sp³-hybridized carbons (Fsp3) is 0.480. The van der Waals surface area contributed by atoms with Gasteiger partial charge in [0.15, 0.2) is 5.78 Å². The van der Waals surface area contributed by atoms with Crippen molar-refractivity contribution in [3.8, 4) is 17.7 Å². The van der Waals surface area contributed by atoms with Crippen LogP contribution >= 0.6 is 0 Å². The van der Waals surface area contributed by atoms with Gasteiger partial charge in [-0.25, -0.2) is 0 Å². The number of carbonyl (C=O) groups excluding carboxylic acids is 1. The number of carbonyl (C=O) groups is 1. The van der Waals surface area contributed by atoms with E-state index < -0.39 is 11.3 Å². The van der Waals surface area contributed by atoms with Gasteiger partial charge < -0.3 is 9.84 Å². The van der Waals surface area contributed by atoms with E-state index in [1.807, 2.05) is 13.0 Å². The van der Waals surface area contributed by atoms with Gasteiger partial charge in [-0.15, -0.1) is 0 Å². The number of nitrogens with zero attached hydrogens (tertiary/aromatic N) is 2. The van der Waals surface area contributed by atoms with Crippen molar-refractivity contribution in [1.29, 1.82) is 5.26 Å². The van der Waals surface area contributed by atoms with E-state index >= 15 is 0 Å². The maximum atomic E-state index is 13.1. The number of rotatable bonds is 12. The van der Waals surface area contributed by atoms with Crippen molar-refractivity contribution in [3.63, 3.8) is 0 Å². The summed E-state index contributed by atoms with van der Waals surface area (Å²) in [6.45, 7) is 6.54. The molecule has 0 saturated heterocycles. The normalized spacial score (nSPS) is 10.6. The highest BCUT2D eigenvalue weighted by Crippen LogP contribution is 2.26. The maximum Gasteiger partial charge on any atom is 0.271 e. The smallest absolute Gasteiger partial charge is 0.271 e. The molecule has 2 rings (SSSR count). The lowest BCUT2D eigenvalue weighted by atomic mass is 9.97. The van der Waals surface area contributed by atoms with Crippen molar-refractivity contribution in [3.05, 3.63) is 56.9 Å². The number of benzene rings is 1. The summed E-state index contributed by atoms with van der Waals surface area (Å²) in [5, 5.41) is 20.1. The first kappa shape index (κ1) is 24.2. The average Bonchev–Trinajstić information content (AvgIpc) is 2.76. The molecule has 0 aliphatic heterocycles. The van der Waals surface area contributed by atoms with Gasteiger partial charge in [-0.2, -0.15) is 5.26 Å². The first-order chi connectivity index (χ1) is 15.0. The summed E-state index contributed by atoms with van der Waals surface area (Å²) in [7, 11) is 0. The second-order valence-corrected chi connectivity index (χ2v) is 7.74. The van der Waals surface area contributed by atoms with E-state index in [2.05, 4.69) is 6.92 Å². The molecule has 0 spiro atoms. The first-order valence-electron chi connectivity index (χ1n) is 11.1. The molecule has 2 aromatic rings. The van der Waals surface area contributed by atoms with E-state index in [0.29, 0.717) is 24.3 Å². The van der Waals surface area contributed by atoms with Gasteiger partial charge in [-0.3, -0.25) is 14.2 Å². The standard InChI is InChI=1S/C25H32N2O4/c1-4-6-8-9-10-16-31-20-13-11-19(12-14-20)23(28)22-18(3)21(17-26)24(29)27(25(22)30)15-7-5-2/h11-14,30H,4-10,15-16H2,1-3H3. The SMILES string of the molecule is CCCCCCCOc1ccc(C(=O)c2c(C)c(C#N)c(=O)n(CCCC)c2O)cc1. The Balaban J connectivity index is 2.22. The number of aromatic hydroxyl groups is 1. The lowest BCUT2D eigenvalue weighted by Gasteiger charge is -2.15. The highest BCUT2D eigenvalue weighted by Gasteiger charge is 2.24. The Labute approximate surface area is 184 Å². The third-order valence-electron chi connectivity index (χ3n) is 5.40. The lowest BCUT2D eigenvalue weighted by Crippen LogP contribution is -2.26. The van der Waals surface area contributed by atoms with Crippen molar-refractivity contribution >= 4 is 5.78 Å². The number of hydrogen-bond donors (Lipinski definition) is 1. The fourth-order valence-corrected chi connectivity index (χ4v) is 3.49. The molecule has 1 aromatic heterocycles.